The zero-order valence-electron chi connectivity index (χ0n) is 18.5. The second kappa shape index (κ2) is 9.68. The lowest BCUT2D eigenvalue weighted by atomic mass is 10.1. The Kier molecular flexibility index (Phi) is 6.71. The average molecular weight is 471 g/mol. The van der Waals surface area contributed by atoms with E-state index >= 15 is 0 Å². The summed E-state index contributed by atoms with van der Waals surface area (Å²) in [4.78, 5) is 12.3. The van der Waals surface area contributed by atoms with Crippen molar-refractivity contribution >= 4 is 15.9 Å². The first-order chi connectivity index (χ1) is 15.9. The molecular weight excluding hydrogens is 444 g/mol. The van der Waals surface area contributed by atoms with Crippen molar-refractivity contribution in [2.24, 2.45) is 0 Å². The fourth-order valence-electron chi connectivity index (χ4n) is 3.39. The third kappa shape index (κ3) is 5.37. The second-order valence-electron chi connectivity index (χ2n) is 7.81. The number of nitrogens with zero attached hydrogens (tertiary/aromatic N) is 1. The van der Waals surface area contributed by atoms with E-state index < -0.39 is 10.0 Å². The molecule has 1 heterocycles. The SMILES string of the molecule is COc1ccc(S(=O)(=O)N(Cc2ccc(C(=O)NC3CC3)cc2)Cc2ccco2)cc1OC. The van der Waals surface area contributed by atoms with Crippen molar-refractivity contribution in [1.29, 1.82) is 0 Å². The van der Waals surface area contributed by atoms with Crippen molar-refractivity contribution in [2.75, 3.05) is 14.2 Å². The predicted molar refractivity (Wildman–Crippen MR) is 122 cm³/mol. The van der Waals surface area contributed by atoms with E-state index in [4.69, 9.17) is 13.9 Å². The summed E-state index contributed by atoms with van der Waals surface area (Å²) in [6.07, 6.45) is 3.53. The Balaban J connectivity index is 1.60. The van der Waals surface area contributed by atoms with Crippen LogP contribution < -0.4 is 14.8 Å². The summed E-state index contributed by atoms with van der Waals surface area (Å²) in [5.41, 5.74) is 1.29. The lowest BCUT2D eigenvalue weighted by Gasteiger charge is -2.22. The number of rotatable bonds is 10. The summed E-state index contributed by atoms with van der Waals surface area (Å²) in [5, 5.41) is 2.95. The minimum absolute atomic E-state index is 0.0492. The average Bonchev–Trinajstić information content (AvgIpc) is 3.49. The number of amides is 1. The van der Waals surface area contributed by atoms with E-state index in [0.29, 0.717) is 22.8 Å². The quantitative estimate of drug-likeness (QED) is 0.486. The molecule has 0 aliphatic heterocycles. The molecule has 0 spiro atoms. The number of hydrogen-bond donors (Lipinski definition) is 1. The Bertz CT molecular complexity index is 1200. The van der Waals surface area contributed by atoms with Gasteiger partial charge in [0.1, 0.15) is 5.76 Å². The molecule has 0 radical (unpaired) electrons. The lowest BCUT2D eigenvalue weighted by Crippen LogP contribution is -2.30. The normalized spacial score (nSPS) is 13.7. The Morgan fingerprint density at radius 3 is 2.36 bits per heavy atom. The van der Waals surface area contributed by atoms with Crippen molar-refractivity contribution in [1.82, 2.24) is 9.62 Å². The van der Waals surface area contributed by atoms with Crippen LogP contribution in [0.15, 0.2) is 70.2 Å². The highest BCUT2D eigenvalue weighted by Gasteiger charge is 2.28. The second-order valence-corrected chi connectivity index (χ2v) is 9.75. The van der Waals surface area contributed by atoms with Gasteiger partial charge in [0.15, 0.2) is 11.5 Å². The highest BCUT2D eigenvalue weighted by atomic mass is 32.2. The number of ether oxygens (including phenoxy) is 2. The molecule has 1 aliphatic rings. The van der Waals surface area contributed by atoms with Gasteiger partial charge in [-0.25, -0.2) is 8.42 Å². The zero-order valence-corrected chi connectivity index (χ0v) is 19.3. The Morgan fingerprint density at radius 1 is 1.03 bits per heavy atom. The maximum Gasteiger partial charge on any atom is 0.251 e. The molecule has 1 fully saturated rings. The number of carbonyl (C=O) groups is 1. The van der Waals surface area contributed by atoms with E-state index in [0.717, 1.165) is 18.4 Å². The fourth-order valence-corrected chi connectivity index (χ4v) is 4.80. The summed E-state index contributed by atoms with van der Waals surface area (Å²) >= 11 is 0. The van der Waals surface area contributed by atoms with E-state index in [1.165, 1.54) is 36.9 Å². The van der Waals surface area contributed by atoms with Gasteiger partial charge in [-0.1, -0.05) is 12.1 Å². The maximum absolute atomic E-state index is 13.6. The number of furan rings is 1. The predicted octanol–water partition coefficient (Wildman–Crippen LogP) is 3.58. The van der Waals surface area contributed by atoms with Crippen LogP contribution in [0.3, 0.4) is 0 Å². The van der Waals surface area contributed by atoms with Crippen LogP contribution in [0.5, 0.6) is 11.5 Å². The van der Waals surface area contributed by atoms with Crippen molar-refractivity contribution in [3.05, 3.63) is 77.7 Å². The molecule has 1 aromatic heterocycles. The molecule has 1 N–H and O–H groups in total. The molecule has 0 saturated heterocycles. The van der Waals surface area contributed by atoms with Crippen LogP contribution in [-0.4, -0.2) is 38.9 Å². The molecule has 33 heavy (non-hydrogen) atoms. The first kappa shape index (κ1) is 22.9. The van der Waals surface area contributed by atoms with E-state index in [2.05, 4.69) is 5.32 Å². The van der Waals surface area contributed by atoms with Gasteiger partial charge < -0.3 is 19.2 Å². The van der Waals surface area contributed by atoms with Crippen LogP contribution >= 0.6 is 0 Å². The molecule has 4 rings (SSSR count). The van der Waals surface area contributed by atoms with E-state index in [9.17, 15) is 13.2 Å². The van der Waals surface area contributed by atoms with Crippen molar-refractivity contribution in [3.63, 3.8) is 0 Å². The molecule has 1 saturated carbocycles. The smallest absolute Gasteiger partial charge is 0.251 e. The number of benzene rings is 2. The fraction of sp³-hybridized carbons (Fsp3) is 0.292. The van der Waals surface area contributed by atoms with Crippen molar-refractivity contribution < 1.29 is 27.1 Å². The number of hydrogen-bond acceptors (Lipinski definition) is 6. The maximum atomic E-state index is 13.6. The number of methoxy groups -OCH3 is 2. The first-order valence-corrected chi connectivity index (χ1v) is 12.0. The van der Waals surface area contributed by atoms with E-state index in [1.54, 1.807) is 42.5 Å². The zero-order chi connectivity index (χ0) is 23.4. The molecule has 0 bridgehead atoms. The standard InChI is InChI=1S/C24H26N2O6S/c1-30-22-12-11-21(14-23(22)31-2)33(28,29)26(16-20-4-3-13-32-20)15-17-5-7-18(8-6-17)24(27)25-19-9-10-19/h3-8,11-14,19H,9-10,15-16H2,1-2H3,(H,25,27). The number of sulfonamides is 1. The summed E-state index contributed by atoms with van der Waals surface area (Å²) in [6.45, 7) is 0.148. The summed E-state index contributed by atoms with van der Waals surface area (Å²) in [5.74, 6) is 1.16. The molecule has 1 amide bonds. The summed E-state index contributed by atoms with van der Waals surface area (Å²) in [7, 11) is -0.964. The molecule has 9 heteroatoms. The Labute approximate surface area is 193 Å². The highest BCUT2D eigenvalue weighted by Crippen LogP contribution is 2.31. The van der Waals surface area contributed by atoms with Gasteiger partial charge in [0.2, 0.25) is 10.0 Å². The van der Waals surface area contributed by atoms with E-state index in [1.807, 2.05) is 0 Å². The third-order valence-electron chi connectivity index (χ3n) is 5.39. The molecule has 0 atom stereocenters. The molecule has 8 nitrogen and oxygen atoms in total. The third-order valence-corrected chi connectivity index (χ3v) is 7.18. The Morgan fingerprint density at radius 2 is 1.76 bits per heavy atom. The number of carbonyl (C=O) groups excluding carboxylic acids is 1. The van der Waals surface area contributed by atoms with Crippen LogP contribution in [-0.2, 0) is 23.1 Å². The van der Waals surface area contributed by atoms with Gasteiger partial charge in [0.05, 0.1) is 31.9 Å². The van der Waals surface area contributed by atoms with Crippen LogP contribution in [0.25, 0.3) is 0 Å². The molecule has 0 unspecified atom stereocenters. The van der Waals surface area contributed by atoms with Gasteiger partial charge in [-0.3, -0.25) is 4.79 Å². The van der Waals surface area contributed by atoms with E-state index in [-0.39, 0.29) is 29.9 Å². The first-order valence-electron chi connectivity index (χ1n) is 10.5. The van der Waals surface area contributed by atoms with Gasteiger partial charge in [-0.05, 0) is 54.8 Å². The largest absolute Gasteiger partial charge is 0.493 e. The van der Waals surface area contributed by atoms with Gasteiger partial charge in [-0.15, -0.1) is 0 Å². The van der Waals surface area contributed by atoms with Crippen LogP contribution in [0, 0.1) is 0 Å². The molecule has 3 aromatic rings. The van der Waals surface area contributed by atoms with Crippen LogP contribution in [0.4, 0.5) is 0 Å². The highest BCUT2D eigenvalue weighted by molar-refractivity contribution is 7.89. The minimum atomic E-state index is -3.91. The van der Waals surface area contributed by atoms with Crippen molar-refractivity contribution in [2.45, 2.75) is 36.9 Å². The minimum Gasteiger partial charge on any atom is -0.493 e. The summed E-state index contributed by atoms with van der Waals surface area (Å²) < 4.78 is 44.3. The van der Waals surface area contributed by atoms with Crippen molar-refractivity contribution in [3.8, 4) is 11.5 Å². The number of nitrogens with one attached hydrogen (secondary N) is 1. The van der Waals surface area contributed by atoms with Gasteiger partial charge in [-0.2, -0.15) is 4.31 Å². The van der Waals surface area contributed by atoms with Crippen LogP contribution in [0.2, 0.25) is 0 Å². The molecular formula is C24H26N2O6S. The Hall–Kier alpha value is -3.30. The van der Waals surface area contributed by atoms with Gasteiger partial charge in [0.25, 0.3) is 5.91 Å². The van der Waals surface area contributed by atoms with Gasteiger partial charge >= 0.3 is 0 Å². The molecule has 2 aromatic carbocycles. The monoisotopic (exact) mass is 470 g/mol. The van der Waals surface area contributed by atoms with Crippen LogP contribution in [0.1, 0.15) is 34.5 Å². The summed E-state index contributed by atoms with van der Waals surface area (Å²) in [6, 6.07) is 15.1. The molecule has 174 valence electrons. The topological polar surface area (TPSA) is 98.1 Å². The molecule has 1 aliphatic carbocycles. The van der Waals surface area contributed by atoms with Gasteiger partial charge in [0, 0.05) is 24.2 Å². The lowest BCUT2D eigenvalue weighted by molar-refractivity contribution is 0.0951.